The molecule has 1 amide bonds. The lowest BCUT2D eigenvalue weighted by molar-refractivity contribution is -0.136. The molecule has 0 aliphatic rings. The van der Waals surface area contributed by atoms with Gasteiger partial charge in [-0.1, -0.05) is 42.5 Å². The number of rotatable bonds is 9. The molecule has 178 valence electrons. The number of aromatic nitrogens is 2. The number of carbonyl (C=O) groups is 2. The van der Waals surface area contributed by atoms with Crippen LogP contribution in [0.3, 0.4) is 0 Å². The Balaban J connectivity index is 1.70. The van der Waals surface area contributed by atoms with E-state index in [4.69, 9.17) is 4.74 Å². The number of amides is 1. The van der Waals surface area contributed by atoms with Crippen molar-refractivity contribution in [2.24, 2.45) is 0 Å². The predicted molar refractivity (Wildman–Crippen MR) is 132 cm³/mol. The summed E-state index contributed by atoms with van der Waals surface area (Å²) in [7, 11) is 7.31. The average molecular weight is 464 g/mol. The number of carboxylic acid groups (broad SMARTS) is 1. The molecule has 2 aromatic carbocycles. The van der Waals surface area contributed by atoms with Gasteiger partial charge < -0.3 is 19.6 Å². The molecule has 34 heavy (non-hydrogen) atoms. The summed E-state index contributed by atoms with van der Waals surface area (Å²) in [5.74, 6) is 0.795. The first kappa shape index (κ1) is 24.5. The van der Waals surface area contributed by atoms with Gasteiger partial charge in [-0.05, 0) is 23.3 Å². The van der Waals surface area contributed by atoms with Crippen molar-refractivity contribution in [2.75, 3.05) is 43.3 Å². The lowest BCUT2D eigenvalue weighted by Gasteiger charge is -2.22. The Bertz CT molecular complexity index is 1100. The van der Waals surface area contributed by atoms with Gasteiger partial charge in [-0.3, -0.25) is 10.1 Å². The van der Waals surface area contributed by atoms with Crippen LogP contribution in [-0.4, -0.2) is 55.3 Å². The second-order valence-electron chi connectivity index (χ2n) is 8.19. The zero-order valence-electron chi connectivity index (χ0n) is 19.8. The topological polar surface area (TPSA) is 108 Å². The van der Waals surface area contributed by atoms with Crippen LogP contribution < -0.4 is 15.1 Å². The minimum Gasteiger partial charge on any atom is -0.481 e. The zero-order chi connectivity index (χ0) is 24.7. The number of nitrogens with zero attached hydrogens (tertiary/aromatic N) is 4. The Morgan fingerprint density at radius 1 is 0.882 bits per heavy atom. The Labute approximate surface area is 199 Å². The van der Waals surface area contributed by atoms with Crippen LogP contribution in [0.25, 0.3) is 0 Å². The molecule has 3 aromatic rings. The van der Waals surface area contributed by atoms with Crippen LogP contribution in [0, 0.1) is 0 Å². The SMILES string of the molecule is CN(C)c1nc(Cc2ccc(NC(=O)OCc3ccccc3)cc2)nc(N(C)C)c1CC(=O)O. The van der Waals surface area contributed by atoms with E-state index in [1.165, 1.54) is 0 Å². The normalized spacial score (nSPS) is 10.5. The summed E-state index contributed by atoms with van der Waals surface area (Å²) in [4.78, 5) is 36.3. The monoisotopic (exact) mass is 463 g/mol. The van der Waals surface area contributed by atoms with Crippen LogP contribution in [-0.2, 0) is 29.0 Å². The third-order valence-electron chi connectivity index (χ3n) is 4.96. The van der Waals surface area contributed by atoms with Crippen molar-refractivity contribution in [3.8, 4) is 0 Å². The van der Waals surface area contributed by atoms with Gasteiger partial charge in [0.25, 0.3) is 0 Å². The van der Waals surface area contributed by atoms with Gasteiger partial charge in [0.15, 0.2) is 0 Å². The van der Waals surface area contributed by atoms with Gasteiger partial charge in [-0.15, -0.1) is 0 Å². The number of hydrogen-bond acceptors (Lipinski definition) is 7. The van der Waals surface area contributed by atoms with Gasteiger partial charge >= 0.3 is 12.1 Å². The molecule has 3 rings (SSSR count). The van der Waals surface area contributed by atoms with Gasteiger partial charge in [0, 0.05) is 45.9 Å². The lowest BCUT2D eigenvalue weighted by atomic mass is 10.1. The van der Waals surface area contributed by atoms with Crippen LogP contribution in [0.5, 0.6) is 0 Å². The highest BCUT2D eigenvalue weighted by molar-refractivity contribution is 5.84. The molecule has 1 aromatic heterocycles. The maximum absolute atomic E-state index is 12.1. The minimum absolute atomic E-state index is 0.165. The van der Waals surface area contributed by atoms with E-state index in [1.54, 1.807) is 21.9 Å². The number of benzene rings is 2. The highest BCUT2D eigenvalue weighted by Crippen LogP contribution is 2.27. The van der Waals surface area contributed by atoms with E-state index in [9.17, 15) is 14.7 Å². The molecule has 0 aliphatic heterocycles. The second-order valence-corrected chi connectivity index (χ2v) is 8.19. The zero-order valence-corrected chi connectivity index (χ0v) is 19.8. The van der Waals surface area contributed by atoms with Gasteiger partial charge in [-0.25, -0.2) is 14.8 Å². The van der Waals surface area contributed by atoms with Crippen molar-refractivity contribution in [1.82, 2.24) is 9.97 Å². The number of anilines is 3. The first-order chi connectivity index (χ1) is 16.2. The fourth-order valence-electron chi connectivity index (χ4n) is 3.40. The smallest absolute Gasteiger partial charge is 0.411 e. The molecule has 0 saturated heterocycles. The third kappa shape index (κ3) is 6.68. The number of nitrogens with one attached hydrogen (secondary N) is 1. The molecule has 0 unspecified atom stereocenters. The van der Waals surface area contributed by atoms with E-state index in [2.05, 4.69) is 15.3 Å². The van der Waals surface area contributed by atoms with E-state index in [0.29, 0.717) is 35.1 Å². The molecule has 9 nitrogen and oxygen atoms in total. The summed E-state index contributed by atoms with van der Waals surface area (Å²) < 4.78 is 5.25. The van der Waals surface area contributed by atoms with Gasteiger partial charge in [0.2, 0.25) is 0 Å². The van der Waals surface area contributed by atoms with E-state index < -0.39 is 12.1 Å². The number of aliphatic carboxylic acids is 1. The first-order valence-corrected chi connectivity index (χ1v) is 10.8. The van der Waals surface area contributed by atoms with Crippen molar-refractivity contribution >= 4 is 29.4 Å². The van der Waals surface area contributed by atoms with Crippen LogP contribution in [0.2, 0.25) is 0 Å². The molecule has 2 N–H and O–H groups in total. The van der Waals surface area contributed by atoms with Crippen molar-refractivity contribution in [3.05, 3.63) is 77.1 Å². The van der Waals surface area contributed by atoms with Crippen molar-refractivity contribution in [2.45, 2.75) is 19.4 Å². The third-order valence-corrected chi connectivity index (χ3v) is 4.96. The average Bonchev–Trinajstić information content (AvgIpc) is 2.80. The maximum atomic E-state index is 12.1. The van der Waals surface area contributed by atoms with E-state index >= 15 is 0 Å². The van der Waals surface area contributed by atoms with Gasteiger partial charge in [0.1, 0.15) is 24.1 Å². The summed E-state index contributed by atoms with van der Waals surface area (Å²) in [6.45, 7) is 0.197. The van der Waals surface area contributed by atoms with Gasteiger partial charge in [-0.2, -0.15) is 0 Å². The number of carboxylic acids is 1. The van der Waals surface area contributed by atoms with Crippen LogP contribution in [0.1, 0.15) is 22.5 Å². The summed E-state index contributed by atoms with van der Waals surface area (Å²) >= 11 is 0. The quantitative estimate of drug-likeness (QED) is 0.496. The standard InChI is InChI=1S/C25H29N5O4/c1-29(2)23-20(15-22(31)32)24(30(3)4)28-21(27-23)14-17-10-12-19(13-11-17)26-25(33)34-16-18-8-6-5-7-9-18/h5-13H,14-16H2,1-4H3,(H,26,33)(H,31,32). The fraction of sp³-hybridized carbons (Fsp3) is 0.280. The molecule has 0 atom stereocenters. The van der Waals surface area contributed by atoms with E-state index in [-0.39, 0.29) is 13.0 Å². The lowest BCUT2D eigenvalue weighted by Crippen LogP contribution is -2.22. The first-order valence-electron chi connectivity index (χ1n) is 10.8. The van der Waals surface area contributed by atoms with Crippen LogP contribution in [0.4, 0.5) is 22.1 Å². The minimum atomic E-state index is -0.937. The highest BCUT2D eigenvalue weighted by Gasteiger charge is 2.20. The highest BCUT2D eigenvalue weighted by atomic mass is 16.5. The van der Waals surface area contributed by atoms with Crippen molar-refractivity contribution in [3.63, 3.8) is 0 Å². The summed E-state index contributed by atoms with van der Waals surface area (Å²) in [5.41, 5.74) is 3.04. The molecule has 1 heterocycles. The maximum Gasteiger partial charge on any atom is 0.411 e. The molecule has 0 fully saturated rings. The second kappa shape index (κ2) is 11.1. The number of carbonyl (C=O) groups excluding carboxylic acids is 1. The Morgan fingerprint density at radius 2 is 1.47 bits per heavy atom. The molecule has 0 spiro atoms. The molecular weight excluding hydrogens is 434 g/mol. The molecule has 9 heteroatoms. The fourth-order valence-corrected chi connectivity index (χ4v) is 3.40. The van der Waals surface area contributed by atoms with Gasteiger partial charge in [0.05, 0.1) is 6.42 Å². The van der Waals surface area contributed by atoms with Crippen LogP contribution in [0.15, 0.2) is 54.6 Å². The molecule has 0 aliphatic carbocycles. The Morgan fingerprint density at radius 3 is 2.00 bits per heavy atom. The molecule has 0 radical (unpaired) electrons. The summed E-state index contributed by atoms with van der Waals surface area (Å²) in [6.07, 6.45) is -0.240. The summed E-state index contributed by atoms with van der Waals surface area (Å²) in [6, 6.07) is 16.8. The molecule has 0 saturated carbocycles. The van der Waals surface area contributed by atoms with E-state index in [1.807, 2.05) is 70.7 Å². The van der Waals surface area contributed by atoms with Crippen molar-refractivity contribution < 1.29 is 19.4 Å². The largest absolute Gasteiger partial charge is 0.481 e. The van der Waals surface area contributed by atoms with Crippen LogP contribution >= 0.6 is 0 Å². The Kier molecular flexibility index (Phi) is 8.02. The molecule has 0 bridgehead atoms. The molecular formula is C25H29N5O4. The van der Waals surface area contributed by atoms with Crippen molar-refractivity contribution in [1.29, 1.82) is 0 Å². The summed E-state index contributed by atoms with van der Waals surface area (Å²) in [5, 5.41) is 12.0. The number of hydrogen-bond donors (Lipinski definition) is 2. The van der Waals surface area contributed by atoms with E-state index in [0.717, 1.165) is 11.1 Å². The predicted octanol–water partition coefficient (Wildman–Crippen LogP) is 3.58. The Hall–Kier alpha value is -4.14. The number of ether oxygens (including phenoxy) is 1.